The number of anilines is 1. The molecule has 2 aromatic carbocycles. The number of nitrogens with zero attached hydrogens (tertiary/aromatic N) is 3. The second-order valence-electron chi connectivity index (χ2n) is 5.44. The van der Waals surface area contributed by atoms with Crippen molar-refractivity contribution in [3.63, 3.8) is 0 Å². The van der Waals surface area contributed by atoms with Gasteiger partial charge in [0.05, 0.1) is 24.0 Å². The van der Waals surface area contributed by atoms with E-state index in [1.807, 2.05) is 12.1 Å². The molecule has 0 fully saturated rings. The molecule has 1 N–H and O–H groups in total. The van der Waals surface area contributed by atoms with Gasteiger partial charge in [-0.05, 0) is 42.0 Å². The number of rotatable bonds is 5. The van der Waals surface area contributed by atoms with Gasteiger partial charge in [-0.3, -0.25) is 4.79 Å². The van der Waals surface area contributed by atoms with Gasteiger partial charge in [0.1, 0.15) is 12.7 Å². The van der Waals surface area contributed by atoms with Gasteiger partial charge in [0.2, 0.25) is 5.91 Å². The van der Waals surface area contributed by atoms with Crippen molar-refractivity contribution in [3.05, 3.63) is 76.8 Å². The quantitative estimate of drug-likeness (QED) is 0.498. The molecule has 0 radical (unpaired) electrons. The van der Waals surface area contributed by atoms with Gasteiger partial charge in [0, 0.05) is 10.5 Å². The van der Waals surface area contributed by atoms with Gasteiger partial charge in [-0.1, -0.05) is 28.1 Å². The maximum atomic E-state index is 12.3. The van der Waals surface area contributed by atoms with Crippen molar-refractivity contribution < 1.29 is 14.3 Å². The van der Waals surface area contributed by atoms with Gasteiger partial charge >= 0.3 is 5.97 Å². The molecule has 0 unspecified atom stereocenters. The predicted octanol–water partition coefficient (Wildman–Crippen LogP) is 3.47. The molecule has 3 rings (SSSR count). The first-order chi connectivity index (χ1) is 13.1. The Morgan fingerprint density at radius 2 is 1.96 bits per heavy atom. The zero-order valence-corrected chi connectivity index (χ0v) is 15.9. The van der Waals surface area contributed by atoms with Crippen molar-refractivity contribution in [3.8, 4) is 5.69 Å². The largest absolute Gasteiger partial charge is 0.465 e. The van der Waals surface area contributed by atoms with Crippen LogP contribution in [-0.2, 0) is 9.53 Å². The Bertz CT molecular complexity index is 983. The van der Waals surface area contributed by atoms with E-state index in [4.69, 9.17) is 0 Å². The summed E-state index contributed by atoms with van der Waals surface area (Å²) in [5, 5.41) is 6.92. The molecule has 8 heteroatoms. The number of nitrogens with one attached hydrogen (secondary N) is 1. The van der Waals surface area contributed by atoms with Gasteiger partial charge < -0.3 is 10.1 Å². The van der Waals surface area contributed by atoms with Gasteiger partial charge in [-0.25, -0.2) is 14.5 Å². The number of carbonyl (C=O) groups is 2. The summed E-state index contributed by atoms with van der Waals surface area (Å²) in [6, 6.07) is 12.2. The summed E-state index contributed by atoms with van der Waals surface area (Å²) in [6.07, 6.45) is 6.05. The van der Waals surface area contributed by atoms with Crippen LogP contribution in [0.5, 0.6) is 0 Å². The number of esters is 1. The van der Waals surface area contributed by atoms with E-state index in [1.165, 1.54) is 19.5 Å². The zero-order valence-electron chi connectivity index (χ0n) is 14.3. The molecule has 27 heavy (non-hydrogen) atoms. The maximum absolute atomic E-state index is 12.3. The summed E-state index contributed by atoms with van der Waals surface area (Å²) in [7, 11) is 1.33. The average Bonchev–Trinajstić information content (AvgIpc) is 3.21. The average molecular weight is 427 g/mol. The minimum atomic E-state index is -0.404. The molecule has 136 valence electrons. The normalized spacial score (nSPS) is 10.7. The Hall–Kier alpha value is -3.26. The summed E-state index contributed by atoms with van der Waals surface area (Å²) in [4.78, 5) is 27.7. The van der Waals surface area contributed by atoms with E-state index in [0.29, 0.717) is 16.9 Å². The summed E-state index contributed by atoms with van der Waals surface area (Å²) in [6.45, 7) is 0. The van der Waals surface area contributed by atoms with Crippen LogP contribution in [-0.4, -0.2) is 33.8 Å². The number of halogens is 1. The second-order valence-corrected chi connectivity index (χ2v) is 6.35. The van der Waals surface area contributed by atoms with Crippen LogP contribution in [0.4, 0.5) is 5.69 Å². The first kappa shape index (κ1) is 18.5. The molecular weight excluding hydrogens is 412 g/mol. The highest BCUT2D eigenvalue weighted by Gasteiger charge is 2.09. The lowest BCUT2D eigenvalue weighted by Gasteiger charge is -2.10. The second kappa shape index (κ2) is 8.41. The third kappa shape index (κ3) is 4.68. The van der Waals surface area contributed by atoms with Crippen LogP contribution in [0.3, 0.4) is 0 Å². The molecule has 0 saturated carbocycles. The van der Waals surface area contributed by atoms with Gasteiger partial charge in [-0.2, -0.15) is 5.10 Å². The molecule has 3 aromatic rings. The molecule has 0 spiro atoms. The Morgan fingerprint density at radius 3 is 2.63 bits per heavy atom. The topological polar surface area (TPSA) is 86.1 Å². The highest BCUT2D eigenvalue weighted by molar-refractivity contribution is 9.10. The molecule has 1 heterocycles. The number of amides is 1. The van der Waals surface area contributed by atoms with E-state index in [2.05, 4.69) is 36.1 Å². The summed E-state index contributed by atoms with van der Waals surface area (Å²) < 4.78 is 7.05. The van der Waals surface area contributed by atoms with E-state index in [1.54, 1.807) is 47.4 Å². The molecule has 0 aliphatic rings. The van der Waals surface area contributed by atoms with E-state index in [-0.39, 0.29) is 5.91 Å². The lowest BCUT2D eigenvalue weighted by atomic mass is 10.1. The van der Waals surface area contributed by atoms with Crippen LogP contribution in [0.1, 0.15) is 15.9 Å². The number of aromatic nitrogens is 3. The smallest absolute Gasteiger partial charge is 0.337 e. The molecule has 0 aliphatic heterocycles. The third-order valence-corrected chi connectivity index (χ3v) is 4.13. The van der Waals surface area contributed by atoms with Crippen LogP contribution in [0.2, 0.25) is 0 Å². The fourth-order valence-corrected chi connectivity index (χ4v) is 2.70. The van der Waals surface area contributed by atoms with Gasteiger partial charge in [-0.15, -0.1) is 0 Å². The number of hydrogen-bond acceptors (Lipinski definition) is 5. The van der Waals surface area contributed by atoms with Gasteiger partial charge in [0.15, 0.2) is 0 Å². The number of carbonyl (C=O) groups excluding carboxylic acids is 2. The highest BCUT2D eigenvalue weighted by atomic mass is 79.9. The third-order valence-electron chi connectivity index (χ3n) is 3.64. The van der Waals surface area contributed by atoms with Crippen LogP contribution in [0, 0.1) is 0 Å². The summed E-state index contributed by atoms with van der Waals surface area (Å²) >= 11 is 3.40. The maximum Gasteiger partial charge on any atom is 0.337 e. The Morgan fingerprint density at radius 1 is 1.19 bits per heavy atom. The first-order valence-electron chi connectivity index (χ1n) is 7.89. The van der Waals surface area contributed by atoms with Crippen molar-refractivity contribution >= 4 is 39.6 Å². The summed E-state index contributed by atoms with van der Waals surface area (Å²) in [5.41, 5.74) is 2.51. The highest BCUT2D eigenvalue weighted by Crippen LogP contribution is 2.24. The predicted molar refractivity (Wildman–Crippen MR) is 105 cm³/mol. The van der Waals surface area contributed by atoms with Crippen LogP contribution in [0.15, 0.2) is 65.7 Å². The number of methoxy groups -OCH3 is 1. The monoisotopic (exact) mass is 426 g/mol. The van der Waals surface area contributed by atoms with Crippen molar-refractivity contribution in [1.82, 2.24) is 14.8 Å². The van der Waals surface area contributed by atoms with E-state index >= 15 is 0 Å². The molecule has 0 saturated heterocycles. The standard InChI is InChI=1S/C19H15BrN4O3/c1-27-19(26)14-5-2-13(3-6-14)4-9-18(25)23-16-10-15(20)7-8-17(16)24-12-21-11-22-24/h2-12H,1H3,(H,23,25). The van der Waals surface area contributed by atoms with Crippen molar-refractivity contribution in [2.24, 2.45) is 0 Å². The molecule has 0 bridgehead atoms. The Kier molecular flexibility index (Phi) is 5.77. The Labute approximate surface area is 163 Å². The molecule has 1 amide bonds. The zero-order chi connectivity index (χ0) is 19.2. The van der Waals surface area contributed by atoms with Crippen LogP contribution < -0.4 is 5.32 Å². The van der Waals surface area contributed by atoms with Crippen molar-refractivity contribution in [2.75, 3.05) is 12.4 Å². The number of hydrogen-bond donors (Lipinski definition) is 1. The lowest BCUT2D eigenvalue weighted by Crippen LogP contribution is -2.11. The van der Waals surface area contributed by atoms with Gasteiger partial charge in [0.25, 0.3) is 0 Å². The fourth-order valence-electron chi connectivity index (χ4n) is 2.34. The minimum absolute atomic E-state index is 0.300. The van der Waals surface area contributed by atoms with E-state index in [9.17, 15) is 9.59 Å². The molecule has 0 atom stereocenters. The van der Waals surface area contributed by atoms with Crippen molar-refractivity contribution in [1.29, 1.82) is 0 Å². The lowest BCUT2D eigenvalue weighted by molar-refractivity contribution is -0.111. The van der Waals surface area contributed by atoms with Crippen LogP contribution >= 0.6 is 15.9 Å². The number of benzene rings is 2. The first-order valence-corrected chi connectivity index (χ1v) is 8.68. The molecule has 0 aliphatic carbocycles. The molecular formula is C19H15BrN4O3. The fraction of sp³-hybridized carbons (Fsp3) is 0.0526. The molecule has 1 aromatic heterocycles. The SMILES string of the molecule is COC(=O)c1ccc(C=CC(=O)Nc2cc(Br)ccc2-n2cncn2)cc1. The Balaban J connectivity index is 1.73. The molecule has 7 nitrogen and oxygen atoms in total. The minimum Gasteiger partial charge on any atom is -0.465 e. The van der Waals surface area contributed by atoms with E-state index < -0.39 is 5.97 Å². The number of ether oxygens (including phenoxy) is 1. The van der Waals surface area contributed by atoms with Crippen molar-refractivity contribution in [2.45, 2.75) is 0 Å². The van der Waals surface area contributed by atoms with E-state index in [0.717, 1.165) is 10.0 Å². The summed E-state index contributed by atoms with van der Waals surface area (Å²) in [5.74, 6) is -0.704. The van der Waals surface area contributed by atoms with Crippen LogP contribution in [0.25, 0.3) is 11.8 Å².